The van der Waals surface area contributed by atoms with Gasteiger partial charge in [-0.3, -0.25) is 0 Å². The third-order valence-electron chi connectivity index (χ3n) is 4.62. The number of ether oxygens (including phenoxy) is 1. The normalized spacial score (nSPS) is 11.1. The molecule has 0 unspecified atom stereocenters. The van der Waals surface area contributed by atoms with Gasteiger partial charge in [-0.25, -0.2) is 9.37 Å². The maximum absolute atomic E-state index is 13.3. The molecule has 0 spiro atoms. The molecule has 0 aliphatic carbocycles. The summed E-state index contributed by atoms with van der Waals surface area (Å²) < 4.78 is 21.3. The lowest BCUT2D eigenvalue weighted by Gasteiger charge is -2.10. The van der Waals surface area contributed by atoms with Crippen LogP contribution in [-0.4, -0.2) is 16.2 Å². The lowest BCUT2D eigenvalue weighted by Crippen LogP contribution is -2.04. The van der Waals surface area contributed by atoms with E-state index in [-0.39, 0.29) is 5.82 Å². The van der Waals surface area contributed by atoms with Crippen molar-refractivity contribution in [3.05, 3.63) is 83.6 Å². The van der Waals surface area contributed by atoms with Crippen molar-refractivity contribution in [2.75, 3.05) is 6.61 Å². The highest BCUT2D eigenvalue weighted by Gasteiger charge is 2.12. The Labute approximate surface area is 168 Å². The largest absolute Gasteiger partial charge is 0.494 e. The summed E-state index contributed by atoms with van der Waals surface area (Å²) >= 11 is 5.89. The molecular weight excluding hydrogens is 375 g/mol. The summed E-state index contributed by atoms with van der Waals surface area (Å²) in [5.74, 6) is 1.44. The Balaban J connectivity index is 1.45. The Morgan fingerprint density at radius 3 is 2.43 bits per heavy atom. The van der Waals surface area contributed by atoms with Gasteiger partial charge in [0.25, 0.3) is 0 Å². The molecule has 0 aliphatic heterocycles. The maximum atomic E-state index is 13.3. The quantitative estimate of drug-likeness (QED) is 0.341. The summed E-state index contributed by atoms with van der Waals surface area (Å²) in [6, 6.07) is 21.9. The van der Waals surface area contributed by atoms with Crippen LogP contribution in [-0.2, 0) is 6.54 Å². The van der Waals surface area contributed by atoms with Gasteiger partial charge in [0.15, 0.2) is 0 Å². The zero-order valence-corrected chi connectivity index (χ0v) is 16.1. The van der Waals surface area contributed by atoms with Crippen LogP contribution in [0.4, 0.5) is 4.39 Å². The standard InChI is InChI=1S/C23H20ClFN2O/c24-18-9-13-20(14-10-18)28-16-4-3-15-27-22-6-2-1-5-21(22)26-23(27)17-7-11-19(25)12-8-17/h1-2,5-14H,3-4,15-16H2. The molecule has 142 valence electrons. The van der Waals surface area contributed by atoms with Gasteiger partial charge >= 0.3 is 0 Å². The van der Waals surface area contributed by atoms with Crippen LogP contribution in [0, 0.1) is 5.82 Å². The van der Waals surface area contributed by atoms with E-state index in [4.69, 9.17) is 21.3 Å². The topological polar surface area (TPSA) is 27.1 Å². The van der Waals surface area contributed by atoms with E-state index in [0.29, 0.717) is 11.6 Å². The van der Waals surface area contributed by atoms with Gasteiger partial charge in [-0.1, -0.05) is 23.7 Å². The lowest BCUT2D eigenvalue weighted by atomic mass is 10.2. The molecule has 3 nitrogen and oxygen atoms in total. The molecule has 0 amide bonds. The molecule has 0 saturated heterocycles. The van der Waals surface area contributed by atoms with E-state index in [1.165, 1.54) is 12.1 Å². The van der Waals surface area contributed by atoms with Gasteiger partial charge in [0.2, 0.25) is 0 Å². The predicted octanol–water partition coefficient (Wildman–Crippen LogP) is 6.36. The number of fused-ring (bicyclic) bond motifs is 1. The zero-order chi connectivity index (χ0) is 19.3. The average Bonchev–Trinajstić information content (AvgIpc) is 3.08. The first kappa shape index (κ1) is 18.5. The monoisotopic (exact) mass is 394 g/mol. The number of imidazole rings is 1. The smallest absolute Gasteiger partial charge is 0.141 e. The van der Waals surface area contributed by atoms with Gasteiger partial charge < -0.3 is 9.30 Å². The van der Waals surface area contributed by atoms with Crippen molar-refractivity contribution < 1.29 is 9.13 Å². The number of aryl methyl sites for hydroxylation is 1. The molecule has 4 aromatic rings. The van der Waals surface area contributed by atoms with Crippen molar-refractivity contribution in [1.82, 2.24) is 9.55 Å². The molecule has 4 rings (SSSR count). The highest BCUT2D eigenvalue weighted by atomic mass is 35.5. The molecular formula is C23H20ClFN2O. The number of nitrogens with zero attached hydrogens (tertiary/aromatic N) is 2. The van der Waals surface area contributed by atoms with E-state index in [1.807, 2.05) is 42.5 Å². The molecule has 0 atom stereocenters. The van der Waals surface area contributed by atoms with E-state index in [2.05, 4.69) is 10.6 Å². The van der Waals surface area contributed by atoms with E-state index < -0.39 is 0 Å². The van der Waals surface area contributed by atoms with Crippen LogP contribution in [0.3, 0.4) is 0 Å². The third kappa shape index (κ3) is 4.18. The average molecular weight is 395 g/mol. The summed E-state index contributed by atoms with van der Waals surface area (Å²) in [7, 11) is 0. The number of benzene rings is 3. The second-order valence-electron chi connectivity index (χ2n) is 6.59. The summed E-state index contributed by atoms with van der Waals surface area (Å²) in [4.78, 5) is 4.76. The van der Waals surface area contributed by atoms with Crippen LogP contribution >= 0.6 is 11.6 Å². The maximum Gasteiger partial charge on any atom is 0.141 e. The molecule has 28 heavy (non-hydrogen) atoms. The summed E-state index contributed by atoms with van der Waals surface area (Å²) in [5.41, 5.74) is 2.94. The summed E-state index contributed by atoms with van der Waals surface area (Å²) in [6.45, 7) is 1.46. The number of unbranched alkanes of at least 4 members (excludes halogenated alkanes) is 1. The highest BCUT2D eigenvalue weighted by molar-refractivity contribution is 6.30. The first-order valence-corrected chi connectivity index (χ1v) is 9.68. The molecule has 3 aromatic carbocycles. The minimum atomic E-state index is -0.245. The van der Waals surface area contributed by atoms with Crippen LogP contribution in [0.15, 0.2) is 72.8 Å². The first-order valence-electron chi connectivity index (χ1n) is 9.30. The number of para-hydroxylation sites is 2. The third-order valence-corrected chi connectivity index (χ3v) is 4.87. The Kier molecular flexibility index (Phi) is 5.58. The van der Waals surface area contributed by atoms with Crippen LogP contribution in [0.2, 0.25) is 5.02 Å². The van der Waals surface area contributed by atoms with Crippen molar-refractivity contribution >= 4 is 22.6 Å². The van der Waals surface area contributed by atoms with Crippen molar-refractivity contribution in [2.45, 2.75) is 19.4 Å². The van der Waals surface area contributed by atoms with Gasteiger partial charge in [0.05, 0.1) is 17.6 Å². The van der Waals surface area contributed by atoms with E-state index in [1.54, 1.807) is 12.1 Å². The van der Waals surface area contributed by atoms with Crippen molar-refractivity contribution in [2.24, 2.45) is 0 Å². The molecule has 0 radical (unpaired) electrons. The summed E-state index contributed by atoms with van der Waals surface area (Å²) in [5, 5.41) is 0.702. The number of aromatic nitrogens is 2. The van der Waals surface area contributed by atoms with E-state index >= 15 is 0 Å². The van der Waals surface area contributed by atoms with Gasteiger partial charge in [-0.15, -0.1) is 0 Å². The van der Waals surface area contributed by atoms with Gasteiger partial charge in [-0.2, -0.15) is 0 Å². The predicted molar refractivity (Wildman–Crippen MR) is 111 cm³/mol. The van der Waals surface area contributed by atoms with Crippen molar-refractivity contribution in [1.29, 1.82) is 0 Å². The van der Waals surface area contributed by atoms with Crippen LogP contribution in [0.5, 0.6) is 5.75 Å². The number of hydrogen-bond acceptors (Lipinski definition) is 2. The molecule has 0 bridgehead atoms. The zero-order valence-electron chi connectivity index (χ0n) is 15.3. The molecule has 1 heterocycles. The molecule has 1 aromatic heterocycles. The second-order valence-corrected chi connectivity index (χ2v) is 7.03. The van der Waals surface area contributed by atoms with Gasteiger partial charge in [-0.05, 0) is 73.5 Å². The van der Waals surface area contributed by atoms with Gasteiger partial charge in [0.1, 0.15) is 17.4 Å². The Morgan fingerprint density at radius 2 is 1.64 bits per heavy atom. The summed E-state index contributed by atoms with van der Waals surface area (Å²) in [6.07, 6.45) is 1.86. The Bertz CT molecular complexity index is 1060. The first-order chi connectivity index (χ1) is 13.7. The molecule has 0 saturated carbocycles. The minimum absolute atomic E-state index is 0.245. The number of halogens is 2. The van der Waals surface area contributed by atoms with Crippen LogP contribution in [0.1, 0.15) is 12.8 Å². The fourth-order valence-electron chi connectivity index (χ4n) is 3.21. The van der Waals surface area contributed by atoms with Crippen LogP contribution < -0.4 is 4.74 Å². The van der Waals surface area contributed by atoms with E-state index in [0.717, 1.165) is 47.6 Å². The minimum Gasteiger partial charge on any atom is -0.494 e. The van der Waals surface area contributed by atoms with E-state index in [9.17, 15) is 4.39 Å². The highest BCUT2D eigenvalue weighted by Crippen LogP contribution is 2.25. The number of rotatable bonds is 7. The molecule has 5 heteroatoms. The fourth-order valence-corrected chi connectivity index (χ4v) is 3.34. The SMILES string of the molecule is Fc1ccc(-c2nc3ccccc3n2CCCCOc2ccc(Cl)cc2)cc1. The van der Waals surface area contributed by atoms with Crippen molar-refractivity contribution in [3.63, 3.8) is 0 Å². The molecule has 0 aliphatic rings. The Morgan fingerprint density at radius 1 is 0.893 bits per heavy atom. The second kappa shape index (κ2) is 8.44. The molecule has 0 fully saturated rings. The van der Waals surface area contributed by atoms with Gasteiger partial charge in [0, 0.05) is 17.1 Å². The van der Waals surface area contributed by atoms with Crippen molar-refractivity contribution in [3.8, 4) is 17.1 Å². The molecule has 0 N–H and O–H groups in total. The lowest BCUT2D eigenvalue weighted by molar-refractivity contribution is 0.303. The Hall–Kier alpha value is -2.85. The number of hydrogen-bond donors (Lipinski definition) is 0. The van der Waals surface area contributed by atoms with Crippen LogP contribution in [0.25, 0.3) is 22.4 Å². The fraction of sp³-hybridized carbons (Fsp3) is 0.174.